The summed E-state index contributed by atoms with van der Waals surface area (Å²) in [7, 11) is 0. The molecule has 0 saturated heterocycles. The van der Waals surface area contributed by atoms with Crippen molar-refractivity contribution < 1.29 is 4.79 Å². The van der Waals surface area contributed by atoms with Gasteiger partial charge in [-0.05, 0) is 62.4 Å². The fourth-order valence-corrected chi connectivity index (χ4v) is 3.17. The fraction of sp³-hybridized carbons (Fsp3) is 0.286. The summed E-state index contributed by atoms with van der Waals surface area (Å²) in [4.78, 5) is 21.2. The molecule has 4 rings (SSSR count). The first-order valence-corrected chi connectivity index (χ1v) is 9.48. The number of urea groups is 1. The van der Waals surface area contributed by atoms with Crippen molar-refractivity contribution in [2.75, 3.05) is 23.7 Å². The fourth-order valence-electron chi connectivity index (χ4n) is 3.17. The topological polar surface area (TPSA) is 89.9 Å². The lowest BCUT2D eigenvalue weighted by Crippen LogP contribution is -2.27. The number of rotatable bonds is 4. The van der Waals surface area contributed by atoms with E-state index in [-0.39, 0.29) is 18.4 Å². The minimum Gasteiger partial charge on any atom is -0.366 e. The van der Waals surface area contributed by atoms with Crippen LogP contribution in [0.5, 0.6) is 0 Å². The molecule has 0 aliphatic carbocycles. The predicted molar refractivity (Wildman–Crippen MR) is 121 cm³/mol. The summed E-state index contributed by atoms with van der Waals surface area (Å²) in [6.07, 6.45) is 0. The van der Waals surface area contributed by atoms with Crippen molar-refractivity contribution in [3.8, 4) is 0 Å². The number of halogens is 1. The minimum absolute atomic E-state index is 0. The summed E-state index contributed by atoms with van der Waals surface area (Å²) in [5, 5.41) is 12.3. The number of aliphatic imine (C=N–C) groups is 2. The van der Waals surface area contributed by atoms with Crippen LogP contribution in [0.25, 0.3) is 0 Å². The maximum atomic E-state index is 12.3. The van der Waals surface area contributed by atoms with E-state index >= 15 is 0 Å². The molecule has 2 atom stereocenters. The van der Waals surface area contributed by atoms with E-state index in [0.29, 0.717) is 12.1 Å². The van der Waals surface area contributed by atoms with E-state index in [4.69, 9.17) is 0 Å². The lowest BCUT2D eigenvalue weighted by molar-refractivity contribution is 0.262. The van der Waals surface area contributed by atoms with Gasteiger partial charge in [-0.25, -0.2) is 4.79 Å². The molecule has 0 spiro atoms. The predicted octanol–water partition coefficient (Wildman–Crippen LogP) is 3.23. The highest BCUT2D eigenvalue weighted by atomic mass is 35.5. The number of carbonyl (C=O) groups excluding carboxylic acids is 1. The van der Waals surface area contributed by atoms with Crippen LogP contribution in [0.2, 0.25) is 0 Å². The average Bonchev–Trinajstić information content (AvgIpc) is 3.31. The third-order valence-electron chi connectivity index (χ3n) is 4.65. The Morgan fingerprint density at radius 2 is 1.17 bits per heavy atom. The molecule has 2 amide bonds. The second-order valence-electron chi connectivity index (χ2n) is 7.20. The van der Waals surface area contributed by atoms with E-state index in [1.807, 2.05) is 48.5 Å². The highest BCUT2D eigenvalue weighted by molar-refractivity contribution is 6.03. The van der Waals surface area contributed by atoms with Gasteiger partial charge in [-0.2, -0.15) is 0 Å². The molecule has 0 fully saturated rings. The van der Waals surface area contributed by atoms with Gasteiger partial charge in [0.05, 0.1) is 13.1 Å². The van der Waals surface area contributed by atoms with E-state index in [0.717, 1.165) is 47.3 Å². The smallest absolute Gasteiger partial charge is 0.323 e. The SMILES string of the molecule is CC1CN=C(c2ccc(NC(=O)Nc3ccc(C4=NCC(C)N4)cc3)cc2)N1.Cl. The number of benzene rings is 2. The van der Waals surface area contributed by atoms with Crippen LogP contribution < -0.4 is 21.3 Å². The number of carbonyl (C=O) groups is 1. The van der Waals surface area contributed by atoms with Gasteiger partial charge in [0.15, 0.2) is 0 Å². The van der Waals surface area contributed by atoms with E-state index < -0.39 is 0 Å². The normalized spacial score (nSPS) is 19.9. The summed E-state index contributed by atoms with van der Waals surface area (Å²) in [5.41, 5.74) is 3.48. The number of amides is 2. The Morgan fingerprint density at radius 3 is 1.48 bits per heavy atom. The quantitative estimate of drug-likeness (QED) is 0.621. The molecule has 2 aliphatic heterocycles. The van der Waals surface area contributed by atoms with E-state index in [1.165, 1.54) is 0 Å². The van der Waals surface area contributed by atoms with Gasteiger partial charge in [-0.1, -0.05) is 0 Å². The van der Waals surface area contributed by atoms with Gasteiger partial charge in [0.25, 0.3) is 0 Å². The van der Waals surface area contributed by atoms with Crippen LogP contribution in [0.3, 0.4) is 0 Å². The molecule has 0 radical (unpaired) electrons. The van der Waals surface area contributed by atoms with E-state index in [2.05, 4.69) is 45.1 Å². The van der Waals surface area contributed by atoms with Gasteiger partial charge >= 0.3 is 6.03 Å². The van der Waals surface area contributed by atoms with Crippen LogP contribution in [-0.2, 0) is 0 Å². The zero-order valence-corrected chi connectivity index (χ0v) is 17.2. The number of hydrogen-bond acceptors (Lipinski definition) is 5. The molecule has 7 nitrogen and oxygen atoms in total. The summed E-state index contributed by atoms with van der Waals surface area (Å²) >= 11 is 0. The molecule has 8 heteroatoms. The van der Waals surface area contributed by atoms with Crippen molar-refractivity contribution in [3.63, 3.8) is 0 Å². The Kier molecular flexibility index (Phi) is 6.39. The summed E-state index contributed by atoms with van der Waals surface area (Å²) in [6, 6.07) is 15.7. The second kappa shape index (κ2) is 8.96. The molecule has 2 heterocycles. The third-order valence-corrected chi connectivity index (χ3v) is 4.65. The van der Waals surface area contributed by atoms with E-state index in [9.17, 15) is 4.79 Å². The number of nitrogens with one attached hydrogen (secondary N) is 4. The highest BCUT2D eigenvalue weighted by Crippen LogP contribution is 2.15. The van der Waals surface area contributed by atoms with Crippen molar-refractivity contribution in [1.29, 1.82) is 0 Å². The zero-order valence-electron chi connectivity index (χ0n) is 16.4. The molecule has 0 saturated carbocycles. The van der Waals surface area contributed by atoms with Crippen molar-refractivity contribution in [2.24, 2.45) is 9.98 Å². The summed E-state index contributed by atoms with van der Waals surface area (Å²) < 4.78 is 0. The Hall–Kier alpha value is -3.06. The molecular formula is C21H25ClN6O. The largest absolute Gasteiger partial charge is 0.366 e. The summed E-state index contributed by atoms with van der Waals surface area (Å²) in [6.45, 7) is 5.78. The number of hydrogen-bond donors (Lipinski definition) is 4. The Balaban J connectivity index is 0.00000240. The molecule has 2 aromatic rings. The van der Waals surface area contributed by atoms with Gasteiger partial charge < -0.3 is 21.3 Å². The van der Waals surface area contributed by atoms with Gasteiger partial charge in [0.2, 0.25) is 0 Å². The van der Waals surface area contributed by atoms with Crippen LogP contribution in [0.15, 0.2) is 58.5 Å². The van der Waals surface area contributed by atoms with Gasteiger partial charge in [-0.15, -0.1) is 12.4 Å². The van der Waals surface area contributed by atoms with Crippen LogP contribution >= 0.6 is 12.4 Å². The maximum absolute atomic E-state index is 12.3. The molecule has 0 aromatic heterocycles. The van der Waals surface area contributed by atoms with Gasteiger partial charge in [0.1, 0.15) is 11.7 Å². The van der Waals surface area contributed by atoms with Crippen LogP contribution in [-0.4, -0.2) is 42.9 Å². The molecule has 29 heavy (non-hydrogen) atoms. The summed E-state index contributed by atoms with van der Waals surface area (Å²) in [5.74, 6) is 1.80. The monoisotopic (exact) mass is 412 g/mol. The molecule has 2 aromatic carbocycles. The van der Waals surface area contributed by atoms with Crippen molar-refractivity contribution >= 4 is 41.5 Å². The number of anilines is 2. The van der Waals surface area contributed by atoms with Crippen molar-refractivity contribution in [3.05, 3.63) is 59.7 Å². The van der Waals surface area contributed by atoms with E-state index in [1.54, 1.807) is 0 Å². The first kappa shape index (κ1) is 20.7. The minimum atomic E-state index is -0.282. The second-order valence-corrected chi connectivity index (χ2v) is 7.20. The standard InChI is InChI=1S/C21H24N6O.ClH/c1-13-11-22-19(24-13)15-3-7-17(8-4-15)26-21(28)27-18-9-5-16(6-10-18)20-23-12-14(2)25-20;/h3-10,13-14H,11-12H2,1-2H3,(H,22,24)(H,23,25)(H2,26,27,28);1H. The maximum Gasteiger partial charge on any atom is 0.323 e. The lowest BCUT2D eigenvalue weighted by Gasteiger charge is -2.10. The first-order chi connectivity index (χ1) is 13.6. The highest BCUT2D eigenvalue weighted by Gasteiger charge is 2.15. The molecule has 0 bridgehead atoms. The number of amidine groups is 2. The van der Waals surface area contributed by atoms with Crippen LogP contribution in [0.1, 0.15) is 25.0 Å². The molecule has 2 aliphatic rings. The Labute approximate surface area is 176 Å². The van der Waals surface area contributed by atoms with Gasteiger partial charge in [-0.3, -0.25) is 9.98 Å². The Morgan fingerprint density at radius 1 is 0.793 bits per heavy atom. The zero-order chi connectivity index (χ0) is 19.5. The third kappa shape index (κ3) is 5.06. The number of nitrogens with zero attached hydrogens (tertiary/aromatic N) is 2. The molecule has 152 valence electrons. The lowest BCUT2D eigenvalue weighted by atomic mass is 10.2. The average molecular weight is 413 g/mol. The van der Waals surface area contributed by atoms with Crippen LogP contribution in [0, 0.1) is 0 Å². The molecule has 4 N–H and O–H groups in total. The van der Waals surface area contributed by atoms with Crippen molar-refractivity contribution in [2.45, 2.75) is 25.9 Å². The molecular weight excluding hydrogens is 388 g/mol. The molecule has 2 unspecified atom stereocenters. The van der Waals surface area contributed by atoms with Gasteiger partial charge in [0, 0.05) is 34.6 Å². The first-order valence-electron chi connectivity index (χ1n) is 9.48. The van der Waals surface area contributed by atoms with Crippen molar-refractivity contribution in [1.82, 2.24) is 10.6 Å². The Bertz CT molecular complexity index is 848. The van der Waals surface area contributed by atoms with Crippen LogP contribution in [0.4, 0.5) is 16.2 Å².